The fourth-order valence-corrected chi connectivity index (χ4v) is 1.96. The highest BCUT2D eigenvalue weighted by atomic mass is 19.1. The number of rotatable bonds is 5. The predicted molar refractivity (Wildman–Crippen MR) is 66.3 cm³/mol. The van der Waals surface area contributed by atoms with Gasteiger partial charge in [0.15, 0.2) is 0 Å². The summed E-state index contributed by atoms with van der Waals surface area (Å²) in [6.45, 7) is 0.0958. The smallest absolute Gasteiger partial charge is 0.315 e. The third kappa shape index (κ3) is 3.94. The molecular formula is C13H15FN2O3. The molecule has 0 aliphatic heterocycles. The molecule has 0 heterocycles. The minimum absolute atomic E-state index is 0.00775. The van der Waals surface area contributed by atoms with Gasteiger partial charge in [-0.1, -0.05) is 12.1 Å². The fraction of sp³-hybridized carbons (Fsp3) is 0.385. The van der Waals surface area contributed by atoms with Crippen LogP contribution in [-0.2, 0) is 4.79 Å². The third-order valence-corrected chi connectivity index (χ3v) is 3.01. The maximum atomic E-state index is 13.0. The number of hydrogen-bond acceptors (Lipinski definition) is 2. The van der Waals surface area contributed by atoms with Crippen molar-refractivity contribution < 1.29 is 19.1 Å². The molecule has 6 heteroatoms. The van der Waals surface area contributed by atoms with Crippen molar-refractivity contribution in [2.75, 3.05) is 6.54 Å². The molecule has 1 saturated carbocycles. The first-order chi connectivity index (χ1) is 9.06. The zero-order chi connectivity index (χ0) is 13.8. The van der Waals surface area contributed by atoms with E-state index in [-0.39, 0.29) is 36.8 Å². The van der Waals surface area contributed by atoms with Crippen LogP contribution in [0.4, 0.5) is 9.18 Å². The van der Waals surface area contributed by atoms with Crippen LogP contribution in [0.1, 0.15) is 24.3 Å². The van der Waals surface area contributed by atoms with Crippen LogP contribution in [0.5, 0.6) is 0 Å². The second-order valence-electron chi connectivity index (χ2n) is 4.55. The summed E-state index contributed by atoms with van der Waals surface area (Å²) in [7, 11) is 0. The number of hydrogen-bond donors (Lipinski definition) is 3. The van der Waals surface area contributed by atoms with E-state index in [0.717, 1.165) is 12.0 Å². The van der Waals surface area contributed by atoms with Gasteiger partial charge in [-0.15, -0.1) is 0 Å². The van der Waals surface area contributed by atoms with Crippen LogP contribution in [0, 0.1) is 5.82 Å². The molecule has 2 rings (SSSR count). The number of carboxylic acid groups (broad SMARTS) is 1. The SMILES string of the molecule is O=C(O)CCNC(=O)N[C@@H]1C[C@H]1c1cccc(F)c1. The van der Waals surface area contributed by atoms with E-state index >= 15 is 0 Å². The van der Waals surface area contributed by atoms with Crippen LogP contribution in [0.15, 0.2) is 24.3 Å². The molecular weight excluding hydrogens is 251 g/mol. The second kappa shape index (κ2) is 5.69. The molecule has 3 N–H and O–H groups in total. The quantitative estimate of drug-likeness (QED) is 0.755. The molecule has 0 radical (unpaired) electrons. The average Bonchev–Trinajstić information content (AvgIpc) is 3.07. The van der Waals surface area contributed by atoms with Crippen LogP contribution in [0.25, 0.3) is 0 Å². The monoisotopic (exact) mass is 266 g/mol. The standard InChI is InChI=1S/C13H15FN2O3/c14-9-3-1-2-8(6-9)10-7-11(10)16-13(19)15-5-4-12(17)18/h1-3,6,10-11H,4-5,7H2,(H,17,18)(H2,15,16,19)/t10-,11+/m0/s1. The summed E-state index contributed by atoms with van der Waals surface area (Å²) in [5.74, 6) is -1.10. The molecule has 19 heavy (non-hydrogen) atoms. The Hall–Kier alpha value is -2.11. The zero-order valence-corrected chi connectivity index (χ0v) is 10.2. The lowest BCUT2D eigenvalue weighted by atomic mass is 10.1. The largest absolute Gasteiger partial charge is 0.481 e. The lowest BCUT2D eigenvalue weighted by molar-refractivity contribution is -0.136. The summed E-state index contributed by atoms with van der Waals surface area (Å²) < 4.78 is 13.0. The summed E-state index contributed by atoms with van der Waals surface area (Å²) >= 11 is 0. The third-order valence-electron chi connectivity index (χ3n) is 3.01. The Balaban J connectivity index is 1.74. The van der Waals surface area contributed by atoms with Gasteiger partial charge in [0, 0.05) is 18.5 Å². The van der Waals surface area contributed by atoms with E-state index in [1.165, 1.54) is 12.1 Å². The number of amides is 2. The van der Waals surface area contributed by atoms with Gasteiger partial charge in [0.2, 0.25) is 0 Å². The first-order valence-corrected chi connectivity index (χ1v) is 6.08. The summed E-state index contributed by atoms with van der Waals surface area (Å²) in [5.41, 5.74) is 0.871. The van der Waals surface area contributed by atoms with Crippen LogP contribution in [0.2, 0.25) is 0 Å². The molecule has 1 fully saturated rings. The van der Waals surface area contributed by atoms with E-state index in [1.54, 1.807) is 6.07 Å². The Bertz CT molecular complexity index is 493. The van der Waals surface area contributed by atoms with Gasteiger partial charge in [0.05, 0.1) is 6.42 Å². The molecule has 102 valence electrons. The topological polar surface area (TPSA) is 78.4 Å². The summed E-state index contributed by atoms with van der Waals surface area (Å²) in [6, 6.07) is 5.93. The van der Waals surface area contributed by atoms with Gasteiger partial charge in [-0.05, 0) is 24.1 Å². The number of carboxylic acids is 1. The lowest BCUT2D eigenvalue weighted by Gasteiger charge is -2.06. The van der Waals surface area contributed by atoms with E-state index in [1.807, 2.05) is 6.07 Å². The minimum atomic E-state index is -0.954. The Morgan fingerprint density at radius 1 is 1.42 bits per heavy atom. The Morgan fingerprint density at radius 3 is 2.89 bits per heavy atom. The van der Waals surface area contributed by atoms with Gasteiger partial charge < -0.3 is 15.7 Å². The van der Waals surface area contributed by atoms with Crippen molar-refractivity contribution in [3.63, 3.8) is 0 Å². The number of nitrogens with one attached hydrogen (secondary N) is 2. The lowest BCUT2D eigenvalue weighted by Crippen LogP contribution is -2.38. The number of carbonyl (C=O) groups is 2. The van der Waals surface area contributed by atoms with E-state index < -0.39 is 5.97 Å². The van der Waals surface area contributed by atoms with Crippen molar-refractivity contribution in [1.82, 2.24) is 10.6 Å². The number of urea groups is 1. The van der Waals surface area contributed by atoms with Gasteiger partial charge in [-0.3, -0.25) is 4.79 Å². The van der Waals surface area contributed by atoms with Crippen LogP contribution < -0.4 is 10.6 Å². The highest BCUT2D eigenvalue weighted by Gasteiger charge is 2.39. The Kier molecular flexibility index (Phi) is 3.99. The normalized spacial score (nSPS) is 20.7. The summed E-state index contributed by atoms with van der Waals surface area (Å²) in [6.07, 6.45) is 0.668. The van der Waals surface area contributed by atoms with Gasteiger partial charge in [0.25, 0.3) is 0 Å². The molecule has 1 aromatic rings. The number of aliphatic carboxylic acids is 1. The Labute approximate surface area is 109 Å². The van der Waals surface area contributed by atoms with Gasteiger partial charge >= 0.3 is 12.0 Å². The summed E-state index contributed by atoms with van der Waals surface area (Å²) in [5, 5.41) is 13.6. The van der Waals surface area contributed by atoms with E-state index in [2.05, 4.69) is 10.6 Å². The van der Waals surface area contributed by atoms with Crippen molar-refractivity contribution >= 4 is 12.0 Å². The zero-order valence-electron chi connectivity index (χ0n) is 10.2. The number of carbonyl (C=O) groups excluding carboxylic acids is 1. The molecule has 1 aliphatic carbocycles. The van der Waals surface area contributed by atoms with Crippen molar-refractivity contribution in [2.45, 2.75) is 24.8 Å². The van der Waals surface area contributed by atoms with Crippen molar-refractivity contribution in [3.8, 4) is 0 Å². The van der Waals surface area contributed by atoms with Gasteiger partial charge in [-0.25, -0.2) is 9.18 Å². The van der Waals surface area contributed by atoms with Crippen LogP contribution >= 0.6 is 0 Å². The molecule has 0 saturated heterocycles. The molecule has 0 unspecified atom stereocenters. The van der Waals surface area contributed by atoms with Gasteiger partial charge in [-0.2, -0.15) is 0 Å². The van der Waals surface area contributed by atoms with Crippen LogP contribution in [0.3, 0.4) is 0 Å². The Morgan fingerprint density at radius 2 is 2.21 bits per heavy atom. The predicted octanol–water partition coefficient (Wildman–Crippen LogP) is 1.46. The maximum absolute atomic E-state index is 13.0. The molecule has 2 atom stereocenters. The fourth-order valence-electron chi connectivity index (χ4n) is 1.96. The first kappa shape index (κ1) is 13.3. The highest BCUT2D eigenvalue weighted by molar-refractivity contribution is 5.75. The molecule has 1 aliphatic rings. The van der Waals surface area contributed by atoms with E-state index in [4.69, 9.17) is 5.11 Å². The molecule has 2 amide bonds. The molecule has 0 spiro atoms. The second-order valence-corrected chi connectivity index (χ2v) is 4.55. The van der Waals surface area contributed by atoms with Crippen molar-refractivity contribution in [1.29, 1.82) is 0 Å². The van der Waals surface area contributed by atoms with Gasteiger partial charge in [0.1, 0.15) is 5.82 Å². The average molecular weight is 266 g/mol. The molecule has 5 nitrogen and oxygen atoms in total. The van der Waals surface area contributed by atoms with Crippen molar-refractivity contribution in [3.05, 3.63) is 35.6 Å². The maximum Gasteiger partial charge on any atom is 0.315 e. The van der Waals surface area contributed by atoms with E-state index in [9.17, 15) is 14.0 Å². The van der Waals surface area contributed by atoms with Crippen LogP contribution in [-0.4, -0.2) is 29.7 Å². The van der Waals surface area contributed by atoms with E-state index in [0.29, 0.717) is 0 Å². The van der Waals surface area contributed by atoms with Crippen molar-refractivity contribution in [2.24, 2.45) is 0 Å². The number of halogens is 1. The molecule has 0 bridgehead atoms. The highest BCUT2D eigenvalue weighted by Crippen LogP contribution is 2.40. The molecule has 0 aromatic heterocycles. The summed E-state index contributed by atoms with van der Waals surface area (Å²) in [4.78, 5) is 21.7. The number of benzene rings is 1. The molecule has 1 aromatic carbocycles. The minimum Gasteiger partial charge on any atom is -0.481 e. The first-order valence-electron chi connectivity index (χ1n) is 6.08.